The Morgan fingerprint density at radius 3 is 1.34 bits per heavy atom. The lowest BCUT2D eigenvalue weighted by Crippen LogP contribution is -2.39. The number of fused-ring (bicyclic) bond motifs is 9. The highest BCUT2D eigenvalue weighted by atomic mass is 19.1. The molecule has 3 amide bonds. The monoisotopic (exact) mass is 1310 g/mol. The lowest BCUT2D eigenvalue weighted by molar-refractivity contribution is -0.143. The van der Waals surface area contributed by atoms with Crippen LogP contribution in [0.2, 0.25) is 0 Å². The Hall–Kier alpha value is -9.97. The van der Waals surface area contributed by atoms with Crippen molar-refractivity contribution in [2.75, 3.05) is 25.0 Å². The third-order valence-electron chi connectivity index (χ3n) is 17.6. The van der Waals surface area contributed by atoms with E-state index in [1.54, 1.807) is 65.1 Å². The Kier molecular flexibility index (Phi) is 17.5. The van der Waals surface area contributed by atoms with Crippen molar-refractivity contribution in [2.24, 2.45) is 5.41 Å². The minimum absolute atomic E-state index is 0.0442. The molecule has 6 aromatic carbocycles. The number of benzene rings is 6. The van der Waals surface area contributed by atoms with Gasteiger partial charge in [0.15, 0.2) is 0 Å². The molecule has 15 nitrogen and oxygen atoms in total. The van der Waals surface area contributed by atoms with E-state index in [0.29, 0.717) is 40.2 Å². The van der Waals surface area contributed by atoms with Crippen LogP contribution in [-0.2, 0) is 39.4 Å². The van der Waals surface area contributed by atoms with Crippen LogP contribution in [0.1, 0.15) is 172 Å². The van der Waals surface area contributed by atoms with E-state index in [0.717, 1.165) is 57.2 Å². The molecule has 18 heteroatoms. The molecule has 12 rings (SSSR count). The number of halogens is 3. The molecule has 0 fully saturated rings. The van der Waals surface area contributed by atoms with Crippen LogP contribution in [0.3, 0.4) is 0 Å². The number of carbonyl (C=O) groups excluding carboxylic acids is 6. The van der Waals surface area contributed by atoms with Gasteiger partial charge in [0.1, 0.15) is 17.5 Å². The zero-order chi connectivity index (χ0) is 74.0. The van der Waals surface area contributed by atoms with Gasteiger partial charge in [-0.1, -0.05) is 114 Å². The van der Waals surface area contributed by atoms with E-state index in [-0.39, 0.29) is 70.3 Å². The van der Waals surface area contributed by atoms with E-state index in [1.807, 2.05) is 94.4 Å². The van der Waals surface area contributed by atoms with Crippen molar-refractivity contribution in [1.82, 2.24) is 24.7 Å². The average molecular weight is 1310 g/mol. The Balaban J connectivity index is 0.000000164. The number of hydrogen-bond acceptors (Lipinski definition) is 10. The minimum atomic E-state index is -2.90. The molecule has 4 aliphatic rings. The SMILES string of the molecule is Cc1ccc(C(=O)N2C=C(C(=O)OC(C)C)C3Nc4ccccc4C3C(C)(C)C2)cc1F.[2H]C(C)(C)OC(=O)C1=CN(C(=O)c2ccc(C)c(F)c2)CC(C)(C)c2c1[nH]c1ccccc21.[2H]C([2H])([2H])C([2H])(C)OC(=O)C1=CN(C(=O)c2ccc(C)c(F)c2)CC(C)(C)c2c1[nH]c1ccccc21. The Labute approximate surface area is 565 Å². The number of ether oxygens (including phenoxy) is 3. The Morgan fingerprint density at radius 1 is 0.521 bits per heavy atom. The number of amides is 3. The third-order valence-corrected chi connectivity index (χ3v) is 17.6. The van der Waals surface area contributed by atoms with Crippen LogP contribution in [0.5, 0.6) is 0 Å². The molecule has 3 unspecified atom stereocenters. The second-order valence-corrected chi connectivity index (χ2v) is 27.3. The molecule has 6 heterocycles. The summed E-state index contributed by atoms with van der Waals surface area (Å²) in [5, 5.41) is 5.26. The van der Waals surface area contributed by atoms with E-state index < -0.39 is 77.0 Å². The molecule has 0 saturated heterocycles. The number of rotatable bonds is 9. The number of nitrogens with one attached hydrogen (secondary N) is 3. The van der Waals surface area contributed by atoms with Crippen LogP contribution in [-0.4, -0.2) is 104 Å². The number of aromatic nitrogens is 2. The summed E-state index contributed by atoms with van der Waals surface area (Å²) in [7, 11) is 0. The van der Waals surface area contributed by atoms with Gasteiger partial charge in [-0.15, -0.1) is 0 Å². The summed E-state index contributed by atoms with van der Waals surface area (Å²) in [4.78, 5) is 90.8. The predicted octanol–water partition coefficient (Wildman–Crippen LogP) is 15.7. The molecular weight excluding hydrogens is 1220 g/mol. The van der Waals surface area contributed by atoms with Gasteiger partial charge in [0.05, 0.1) is 55.2 Å². The molecule has 500 valence electrons. The van der Waals surface area contributed by atoms with Crippen molar-refractivity contribution in [3.05, 3.63) is 230 Å². The summed E-state index contributed by atoms with van der Waals surface area (Å²) in [5.74, 6) is -5.02. The molecule has 0 aliphatic carbocycles. The lowest BCUT2D eigenvalue weighted by atomic mass is 9.71. The van der Waals surface area contributed by atoms with E-state index in [1.165, 1.54) is 65.2 Å². The van der Waals surface area contributed by atoms with E-state index in [4.69, 9.17) is 21.1 Å². The van der Waals surface area contributed by atoms with E-state index in [9.17, 15) is 41.9 Å². The summed E-state index contributed by atoms with van der Waals surface area (Å²) in [6.07, 6.45) is 0.0698. The number of nitrogens with zero attached hydrogens (tertiary/aromatic N) is 3. The predicted molar refractivity (Wildman–Crippen MR) is 367 cm³/mol. The standard InChI is InChI=1S/C26H29FN2O3.2C26H27FN2O3/c3*1-15(2)32-25(31)19-13-29(24(30)17-11-10-16(3)20(27)12-17)14-26(4,5)22-18-8-6-7-9-21(18)28-23(19)22/h6-13,15,22-23,28H,14H2,1-5H3;2*6-13,15,28H,14H2,1-5H3/i;1D3,15D;15D. The van der Waals surface area contributed by atoms with Crippen LogP contribution in [0.25, 0.3) is 33.0 Å². The summed E-state index contributed by atoms with van der Waals surface area (Å²) < 4.78 is 97.5. The topological polar surface area (TPSA) is 183 Å². The maximum Gasteiger partial charge on any atom is 0.342 e. The molecule has 0 spiro atoms. The van der Waals surface area contributed by atoms with Crippen molar-refractivity contribution in [1.29, 1.82) is 0 Å². The van der Waals surface area contributed by atoms with Crippen LogP contribution in [0, 0.1) is 43.6 Å². The second kappa shape index (κ2) is 27.0. The summed E-state index contributed by atoms with van der Waals surface area (Å²) in [6, 6.07) is 35.8. The molecule has 3 N–H and O–H groups in total. The molecule has 0 bridgehead atoms. The van der Waals surface area contributed by atoms with Crippen LogP contribution >= 0.6 is 0 Å². The zero-order valence-electron chi connectivity index (χ0n) is 61.4. The largest absolute Gasteiger partial charge is 0.460 e. The normalized spacial score (nSPS) is 18.9. The van der Waals surface area contributed by atoms with Crippen LogP contribution in [0.4, 0.5) is 18.9 Å². The first-order chi connectivity index (χ1) is 47.1. The molecule has 0 radical (unpaired) electrons. The summed E-state index contributed by atoms with van der Waals surface area (Å²) in [6.45, 7) is 22.3. The van der Waals surface area contributed by atoms with Crippen molar-refractivity contribution >= 4 is 74.3 Å². The molecular formula is C78H83F3N6O9. The highest BCUT2D eigenvalue weighted by molar-refractivity contribution is 6.19. The van der Waals surface area contributed by atoms with Gasteiger partial charge in [-0.05, 0) is 156 Å². The van der Waals surface area contributed by atoms with Crippen molar-refractivity contribution in [3.8, 4) is 0 Å². The van der Waals surface area contributed by atoms with Crippen LogP contribution < -0.4 is 5.32 Å². The Bertz CT molecular complexity index is 4750. The first kappa shape index (κ1) is 62.2. The molecule has 3 atom stereocenters. The number of aryl methyl sites for hydroxylation is 3. The van der Waals surface area contributed by atoms with Gasteiger partial charge in [0, 0.05) is 103 Å². The lowest BCUT2D eigenvalue weighted by Gasteiger charge is -2.36. The van der Waals surface area contributed by atoms with Gasteiger partial charge in [-0.25, -0.2) is 27.6 Å². The molecule has 0 saturated carbocycles. The van der Waals surface area contributed by atoms with Gasteiger partial charge in [0.2, 0.25) is 0 Å². The minimum Gasteiger partial charge on any atom is -0.460 e. The quantitative estimate of drug-likeness (QED) is 0.0928. The number of esters is 3. The molecule has 8 aromatic rings. The number of aromatic amines is 2. The molecule has 4 aliphatic heterocycles. The van der Waals surface area contributed by atoms with Gasteiger partial charge in [-0.3, -0.25) is 14.4 Å². The fourth-order valence-electron chi connectivity index (χ4n) is 13.2. The summed E-state index contributed by atoms with van der Waals surface area (Å²) >= 11 is 0. The first-order valence-corrected chi connectivity index (χ1v) is 31.7. The van der Waals surface area contributed by atoms with Crippen LogP contribution in [0.15, 0.2) is 152 Å². The summed E-state index contributed by atoms with van der Waals surface area (Å²) in [5.41, 5.74) is 6.94. The number of hydrogen-bond donors (Lipinski definition) is 3. The number of anilines is 1. The van der Waals surface area contributed by atoms with Gasteiger partial charge >= 0.3 is 17.9 Å². The van der Waals surface area contributed by atoms with E-state index >= 15 is 0 Å². The third kappa shape index (κ3) is 14.1. The van der Waals surface area contributed by atoms with Gasteiger partial charge in [-0.2, -0.15) is 0 Å². The smallest absolute Gasteiger partial charge is 0.342 e. The maximum absolute atomic E-state index is 14.2. The zero-order valence-corrected chi connectivity index (χ0v) is 56.4. The number of carbonyl (C=O) groups is 6. The van der Waals surface area contributed by atoms with Crippen molar-refractivity contribution in [3.63, 3.8) is 0 Å². The fourth-order valence-corrected chi connectivity index (χ4v) is 13.2. The highest BCUT2D eigenvalue weighted by Crippen LogP contribution is 2.51. The fraction of sp³-hybridized carbons (Fsp3) is 0.333. The number of H-pyrrole nitrogens is 2. The molecule has 2 aromatic heterocycles. The maximum atomic E-state index is 14.2. The van der Waals surface area contributed by atoms with Crippen molar-refractivity contribution < 1.29 is 63.0 Å². The Morgan fingerprint density at radius 2 is 0.927 bits per heavy atom. The highest BCUT2D eigenvalue weighted by Gasteiger charge is 2.49. The average Bonchev–Trinajstić information content (AvgIpc) is 1.61. The number of para-hydroxylation sites is 3. The van der Waals surface area contributed by atoms with Gasteiger partial charge < -0.3 is 44.2 Å². The van der Waals surface area contributed by atoms with E-state index in [2.05, 4.69) is 35.2 Å². The molecule has 96 heavy (non-hydrogen) atoms. The second-order valence-electron chi connectivity index (χ2n) is 27.3. The first-order valence-electron chi connectivity index (χ1n) is 34.2. The van der Waals surface area contributed by atoms with Gasteiger partial charge in [0.25, 0.3) is 17.7 Å². The van der Waals surface area contributed by atoms with Crippen molar-refractivity contribution in [2.45, 2.75) is 145 Å².